The van der Waals surface area contributed by atoms with Crippen molar-refractivity contribution in [3.8, 4) is 10.4 Å². The van der Waals surface area contributed by atoms with Crippen LogP contribution in [-0.4, -0.2) is 23.4 Å². The molecule has 0 aliphatic carbocycles. The fraction of sp³-hybridized carbons (Fsp3) is 0.353. The number of carbonyl (C=O) groups excluding carboxylic acids is 1. The number of nitro benzene ring substituents is 1. The van der Waals surface area contributed by atoms with Crippen LogP contribution in [0.3, 0.4) is 0 Å². The van der Waals surface area contributed by atoms with Crippen LogP contribution in [0.25, 0.3) is 10.4 Å². The van der Waals surface area contributed by atoms with Crippen LogP contribution in [0.5, 0.6) is 0 Å². The van der Waals surface area contributed by atoms with Gasteiger partial charge in [-0.25, -0.2) is 0 Å². The van der Waals surface area contributed by atoms with Gasteiger partial charge in [0.05, 0.1) is 4.92 Å². The second kappa shape index (κ2) is 8.56. The Morgan fingerprint density at radius 2 is 1.92 bits per heavy atom. The molecule has 2 rings (SSSR count). The van der Waals surface area contributed by atoms with Gasteiger partial charge < -0.3 is 10.6 Å². The third kappa shape index (κ3) is 5.43. The lowest BCUT2D eigenvalue weighted by molar-refractivity contribution is -0.384. The molecule has 0 spiro atoms. The normalized spacial score (nSPS) is 10.8. The predicted molar refractivity (Wildman–Crippen MR) is 96.0 cm³/mol. The van der Waals surface area contributed by atoms with E-state index in [-0.39, 0.29) is 17.6 Å². The van der Waals surface area contributed by atoms with Crippen molar-refractivity contribution in [1.82, 2.24) is 10.6 Å². The van der Waals surface area contributed by atoms with Crippen LogP contribution in [-0.2, 0) is 11.3 Å². The topological polar surface area (TPSA) is 84.3 Å². The second-order valence-corrected chi connectivity index (χ2v) is 6.89. The maximum absolute atomic E-state index is 11.5. The highest BCUT2D eigenvalue weighted by molar-refractivity contribution is 7.15. The van der Waals surface area contributed by atoms with Gasteiger partial charge in [-0.15, -0.1) is 11.3 Å². The lowest BCUT2D eigenvalue weighted by Crippen LogP contribution is -2.32. The monoisotopic (exact) mass is 347 g/mol. The van der Waals surface area contributed by atoms with E-state index in [0.29, 0.717) is 19.5 Å². The summed E-state index contributed by atoms with van der Waals surface area (Å²) in [7, 11) is 0. The molecule has 2 N–H and O–H groups in total. The quantitative estimate of drug-likeness (QED) is 0.436. The highest BCUT2D eigenvalue weighted by Crippen LogP contribution is 2.29. The number of rotatable bonds is 8. The van der Waals surface area contributed by atoms with Crippen molar-refractivity contribution >= 4 is 22.9 Å². The van der Waals surface area contributed by atoms with Crippen LogP contribution < -0.4 is 10.6 Å². The number of nitrogens with one attached hydrogen (secondary N) is 2. The molecule has 0 bridgehead atoms. The first-order chi connectivity index (χ1) is 11.5. The zero-order valence-corrected chi connectivity index (χ0v) is 14.6. The van der Waals surface area contributed by atoms with Gasteiger partial charge in [0.2, 0.25) is 5.91 Å². The van der Waals surface area contributed by atoms with Crippen LogP contribution in [0.4, 0.5) is 5.69 Å². The molecule has 0 saturated heterocycles. The van der Waals surface area contributed by atoms with Gasteiger partial charge in [0, 0.05) is 47.4 Å². The average molecular weight is 347 g/mol. The lowest BCUT2D eigenvalue weighted by atomic mass is 10.2. The third-order valence-corrected chi connectivity index (χ3v) is 4.44. The summed E-state index contributed by atoms with van der Waals surface area (Å²) in [6, 6.07) is 10.8. The standard InChI is InChI=1S/C17H21N3O3S/c1-12(2)19-17(21)9-10-18-11-15-7-8-16(24-15)13-3-5-14(6-4-13)20(22)23/h3-8,12,18H,9-11H2,1-2H3,(H,19,21). The summed E-state index contributed by atoms with van der Waals surface area (Å²) in [5.74, 6) is 0.0512. The summed E-state index contributed by atoms with van der Waals surface area (Å²) in [6.45, 7) is 5.21. The van der Waals surface area contributed by atoms with Crippen molar-refractivity contribution < 1.29 is 9.72 Å². The van der Waals surface area contributed by atoms with Gasteiger partial charge in [-0.3, -0.25) is 14.9 Å². The SMILES string of the molecule is CC(C)NC(=O)CCNCc1ccc(-c2ccc([N+](=O)[O-])cc2)s1. The Kier molecular flexibility index (Phi) is 6.45. The van der Waals surface area contributed by atoms with Gasteiger partial charge in [-0.1, -0.05) is 0 Å². The number of carbonyl (C=O) groups is 1. The van der Waals surface area contributed by atoms with Gasteiger partial charge in [-0.2, -0.15) is 0 Å². The number of nitro groups is 1. The molecule has 7 heteroatoms. The molecule has 0 fully saturated rings. The van der Waals surface area contributed by atoms with Crippen LogP contribution in [0.15, 0.2) is 36.4 Å². The number of hydrogen-bond donors (Lipinski definition) is 2. The minimum absolute atomic E-state index is 0.0512. The first-order valence-electron chi connectivity index (χ1n) is 7.79. The Bertz CT molecular complexity index is 695. The zero-order chi connectivity index (χ0) is 17.5. The Morgan fingerprint density at radius 3 is 2.54 bits per heavy atom. The summed E-state index contributed by atoms with van der Waals surface area (Å²) in [4.78, 5) is 24.0. The maximum Gasteiger partial charge on any atom is 0.269 e. The molecular formula is C17H21N3O3S. The predicted octanol–water partition coefficient (Wildman–Crippen LogP) is 3.33. The van der Waals surface area contributed by atoms with Crippen LogP contribution in [0.2, 0.25) is 0 Å². The largest absolute Gasteiger partial charge is 0.354 e. The number of non-ortho nitro benzene ring substituents is 1. The summed E-state index contributed by atoms with van der Waals surface area (Å²) in [5, 5.41) is 16.8. The zero-order valence-electron chi connectivity index (χ0n) is 13.7. The van der Waals surface area contributed by atoms with Crippen molar-refractivity contribution in [1.29, 1.82) is 0 Å². The molecule has 0 aliphatic rings. The van der Waals surface area contributed by atoms with Crippen molar-refractivity contribution in [2.75, 3.05) is 6.54 Å². The third-order valence-electron chi connectivity index (χ3n) is 3.30. The van der Waals surface area contributed by atoms with Gasteiger partial charge in [0.1, 0.15) is 0 Å². The van der Waals surface area contributed by atoms with Gasteiger partial charge in [-0.05, 0) is 43.7 Å². The Balaban J connectivity index is 1.82. The van der Waals surface area contributed by atoms with Crippen molar-refractivity contribution in [3.63, 3.8) is 0 Å². The molecule has 6 nitrogen and oxygen atoms in total. The lowest BCUT2D eigenvalue weighted by Gasteiger charge is -2.08. The first-order valence-corrected chi connectivity index (χ1v) is 8.61. The maximum atomic E-state index is 11.5. The molecule has 1 heterocycles. The van der Waals surface area contributed by atoms with Gasteiger partial charge in [0.25, 0.3) is 5.69 Å². The smallest absolute Gasteiger partial charge is 0.269 e. The summed E-state index contributed by atoms with van der Waals surface area (Å²) >= 11 is 1.64. The Hall–Kier alpha value is -2.25. The van der Waals surface area contributed by atoms with Gasteiger partial charge in [0.15, 0.2) is 0 Å². The second-order valence-electron chi connectivity index (χ2n) is 5.72. The molecule has 0 saturated carbocycles. The number of nitrogens with zero attached hydrogens (tertiary/aromatic N) is 1. The average Bonchev–Trinajstić information content (AvgIpc) is 3.00. The van der Waals surface area contributed by atoms with Crippen molar-refractivity contribution in [3.05, 3.63) is 51.4 Å². The minimum atomic E-state index is -0.400. The van der Waals surface area contributed by atoms with E-state index in [1.165, 1.54) is 12.1 Å². The van der Waals surface area contributed by atoms with Crippen LogP contribution in [0, 0.1) is 10.1 Å². The number of hydrogen-bond acceptors (Lipinski definition) is 5. The van der Waals surface area contributed by atoms with E-state index in [4.69, 9.17) is 0 Å². The summed E-state index contributed by atoms with van der Waals surface area (Å²) < 4.78 is 0. The fourth-order valence-corrected chi connectivity index (χ4v) is 3.17. The Labute approximate surface area is 145 Å². The highest BCUT2D eigenvalue weighted by Gasteiger charge is 2.07. The van der Waals surface area contributed by atoms with E-state index >= 15 is 0 Å². The minimum Gasteiger partial charge on any atom is -0.354 e. The van der Waals surface area contributed by atoms with E-state index in [9.17, 15) is 14.9 Å². The molecule has 2 aromatic rings. The van der Waals surface area contributed by atoms with Crippen LogP contribution >= 0.6 is 11.3 Å². The van der Waals surface area contributed by atoms with Gasteiger partial charge >= 0.3 is 0 Å². The first kappa shape index (κ1) is 18.1. The van der Waals surface area contributed by atoms with E-state index in [1.807, 2.05) is 26.0 Å². The Morgan fingerprint density at radius 1 is 1.21 bits per heavy atom. The van der Waals surface area contributed by atoms with E-state index in [1.54, 1.807) is 23.5 Å². The molecule has 24 heavy (non-hydrogen) atoms. The number of amides is 1. The molecular weight excluding hydrogens is 326 g/mol. The molecule has 128 valence electrons. The summed E-state index contributed by atoms with van der Waals surface area (Å²) in [5.41, 5.74) is 1.06. The van der Waals surface area contributed by atoms with E-state index < -0.39 is 4.92 Å². The number of thiophene rings is 1. The highest BCUT2D eigenvalue weighted by atomic mass is 32.1. The molecule has 0 atom stereocenters. The molecule has 0 unspecified atom stereocenters. The van der Waals surface area contributed by atoms with Crippen molar-refractivity contribution in [2.45, 2.75) is 32.9 Å². The van der Waals surface area contributed by atoms with E-state index in [2.05, 4.69) is 10.6 Å². The van der Waals surface area contributed by atoms with E-state index in [0.717, 1.165) is 15.3 Å². The van der Waals surface area contributed by atoms with Crippen LogP contribution in [0.1, 0.15) is 25.1 Å². The van der Waals surface area contributed by atoms with Crippen molar-refractivity contribution in [2.24, 2.45) is 0 Å². The molecule has 1 amide bonds. The number of benzene rings is 1. The molecule has 0 radical (unpaired) electrons. The summed E-state index contributed by atoms with van der Waals surface area (Å²) in [6.07, 6.45) is 0.457. The fourth-order valence-electron chi connectivity index (χ4n) is 2.18. The molecule has 0 aliphatic heterocycles. The molecule has 1 aromatic carbocycles. The molecule has 1 aromatic heterocycles.